The van der Waals surface area contributed by atoms with Crippen LogP contribution in [0.4, 0.5) is 0 Å². The van der Waals surface area contributed by atoms with Crippen LogP contribution in [0.1, 0.15) is 6.42 Å². The van der Waals surface area contributed by atoms with Crippen LogP contribution in [0.2, 0.25) is 0 Å². The van der Waals surface area contributed by atoms with Gasteiger partial charge in [-0.05, 0) is 6.42 Å². The Morgan fingerprint density at radius 1 is 1.42 bits per heavy atom. The van der Waals surface area contributed by atoms with E-state index < -0.39 is 17.9 Å². The fraction of sp³-hybridized carbons (Fsp3) is 0.250. The van der Waals surface area contributed by atoms with Gasteiger partial charge in [-0.1, -0.05) is 12.7 Å². The number of carbonyl (C=O) groups is 2. The average Bonchev–Trinajstić information content (AvgIpc) is 1.98. The number of carboxylic acid groups (broad SMARTS) is 2. The highest BCUT2D eigenvalue weighted by Gasteiger charge is 2.23. The van der Waals surface area contributed by atoms with Gasteiger partial charge in [0.2, 0.25) is 0 Å². The lowest BCUT2D eigenvalue weighted by Gasteiger charge is -2.08. The van der Waals surface area contributed by atoms with Crippen LogP contribution in [0.15, 0.2) is 24.8 Å². The molecule has 0 aliphatic heterocycles. The van der Waals surface area contributed by atoms with Crippen molar-refractivity contribution in [3.05, 3.63) is 24.8 Å². The largest absolute Gasteiger partial charge is 0.481 e. The lowest BCUT2D eigenvalue weighted by atomic mass is 9.97. The molecule has 0 aliphatic carbocycles. The predicted octanol–water partition coefficient (Wildman–Crippen LogP) is 0.904. The molecule has 0 spiro atoms. The highest BCUT2D eigenvalue weighted by molar-refractivity contribution is 5.93. The van der Waals surface area contributed by atoms with E-state index in [1.165, 1.54) is 6.08 Å². The van der Waals surface area contributed by atoms with Gasteiger partial charge in [-0.2, -0.15) is 0 Å². The highest BCUT2D eigenvalue weighted by Crippen LogP contribution is 2.14. The van der Waals surface area contributed by atoms with E-state index in [-0.39, 0.29) is 12.0 Å². The van der Waals surface area contributed by atoms with E-state index in [2.05, 4.69) is 13.2 Å². The van der Waals surface area contributed by atoms with E-state index in [0.717, 1.165) is 0 Å². The van der Waals surface area contributed by atoms with Crippen molar-refractivity contribution in [2.75, 3.05) is 0 Å². The maximum absolute atomic E-state index is 10.5. The predicted molar refractivity (Wildman–Crippen MR) is 42.7 cm³/mol. The molecule has 0 aromatic heterocycles. The summed E-state index contributed by atoms with van der Waals surface area (Å²) in [7, 11) is 0. The van der Waals surface area contributed by atoms with Gasteiger partial charge >= 0.3 is 11.9 Å². The molecule has 0 amide bonds. The minimum atomic E-state index is -1.29. The molecule has 1 unspecified atom stereocenters. The Hall–Kier alpha value is -1.58. The summed E-state index contributed by atoms with van der Waals surface area (Å²) in [6.07, 6.45) is 1.44. The van der Waals surface area contributed by atoms with E-state index >= 15 is 0 Å². The monoisotopic (exact) mass is 170 g/mol. The first-order chi connectivity index (χ1) is 5.50. The molecule has 2 N–H and O–H groups in total. The van der Waals surface area contributed by atoms with Gasteiger partial charge in [0.25, 0.3) is 0 Å². The third kappa shape index (κ3) is 2.57. The first-order valence-electron chi connectivity index (χ1n) is 3.26. The fourth-order valence-corrected chi connectivity index (χ4v) is 0.708. The van der Waals surface area contributed by atoms with E-state index in [0.29, 0.717) is 0 Å². The number of carboxylic acids is 2. The van der Waals surface area contributed by atoms with Gasteiger partial charge in [-0.15, -0.1) is 6.58 Å². The molecule has 0 aliphatic rings. The SMILES string of the molecule is C=CCC(C(=C)C(=O)O)C(=O)O. The van der Waals surface area contributed by atoms with Crippen LogP contribution in [-0.2, 0) is 9.59 Å². The summed E-state index contributed by atoms with van der Waals surface area (Å²) < 4.78 is 0. The second-order valence-electron chi connectivity index (χ2n) is 2.25. The number of aliphatic carboxylic acids is 2. The standard InChI is InChI=1S/C8H10O4/c1-3-4-6(8(11)12)5(2)7(9)10/h3,6H,1-2,4H2,(H,9,10)(H,11,12). The van der Waals surface area contributed by atoms with Crippen LogP contribution < -0.4 is 0 Å². The quantitative estimate of drug-likeness (QED) is 0.475. The molecule has 0 heterocycles. The topological polar surface area (TPSA) is 74.6 Å². The zero-order valence-corrected chi connectivity index (χ0v) is 6.49. The molecule has 0 saturated carbocycles. The molecule has 0 fully saturated rings. The van der Waals surface area contributed by atoms with Crippen LogP contribution in [-0.4, -0.2) is 22.2 Å². The fourth-order valence-electron chi connectivity index (χ4n) is 0.708. The van der Waals surface area contributed by atoms with E-state index in [1.54, 1.807) is 0 Å². The van der Waals surface area contributed by atoms with Gasteiger partial charge in [0.05, 0.1) is 5.92 Å². The molecule has 0 rings (SSSR count). The van der Waals surface area contributed by atoms with Gasteiger partial charge in [0.1, 0.15) is 0 Å². The molecular formula is C8H10O4. The average molecular weight is 170 g/mol. The molecule has 0 aromatic rings. The van der Waals surface area contributed by atoms with Gasteiger partial charge in [0, 0.05) is 5.57 Å². The van der Waals surface area contributed by atoms with Crippen LogP contribution >= 0.6 is 0 Å². The Balaban J connectivity index is 4.50. The minimum absolute atomic E-state index is 0.0838. The van der Waals surface area contributed by atoms with Crippen LogP contribution in [0, 0.1) is 5.92 Å². The Morgan fingerprint density at radius 3 is 2.17 bits per heavy atom. The summed E-state index contributed by atoms with van der Waals surface area (Å²) in [5, 5.41) is 17.0. The molecule has 4 nitrogen and oxygen atoms in total. The van der Waals surface area contributed by atoms with Crippen LogP contribution in [0.25, 0.3) is 0 Å². The van der Waals surface area contributed by atoms with Gasteiger partial charge < -0.3 is 10.2 Å². The maximum Gasteiger partial charge on any atom is 0.331 e. The van der Waals surface area contributed by atoms with Crippen molar-refractivity contribution in [2.24, 2.45) is 5.92 Å². The van der Waals surface area contributed by atoms with E-state index in [9.17, 15) is 9.59 Å². The zero-order valence-electron chi connectivity index (χ0n) is 6.49. The van der Waals surface area contributed by atoms with Crippen molar-refractivity contribution in [3.8, 4) is 0 Å². The Labute approximate surface area is 69.8 Å². The summed E-state index contributed by atoms with van der Waals surface area (Å²) in [5.41, 5.74) is -0.317. The molecule has 0 aromatic carbocycles. The van der Waals surface area contributed by atoms with Crippen molar-refractivity contribution < 1.29 is 19.8 Å². The van der Waals surface area contributed by atoms with Gasteiger partial charge in [-0.25, -0.2) is 4.79 Å². The zero-order chi connectivity index (χ0) is 9.72. The number of allylic oxidation sites excluding steroid dienone is 1. The highest BCUT2D eigenvalue weighted by atomic mass is 16.4. The summed E-state index contributed by atoms with van der Waals surface area (Å²) in [6.45, 7) is 6.49. The second-order valence-corrected chi connectivity index (χ2v) is 2.25. The lowest BCUT2D eigenvalue weighted by molar-refractivity contribution is -0.143. The number of hydrogen-bond donors (Lipinski definition) is 2. The van der Waals surface area contributed by atoms with Crippen molar-refractivity contribution >= 4 is 11.9 Å². The molecule has 4 heteroatoms. The molecular weight excluding hydrogens is 160 g/mol. The van der Waals surface area contributed by atoms with E-state index in [1.807, 2.05) is 0 Å². The first kappa shape index (κ1) is 10.4. The van der Waals surface area contributed by atoms with Gasteiger partial charge in [0.15, 0.2) is 0 Å². The van der Waals surface area contributed by atoms with Crippen molar-refractivity contribution in [1.29, 1.82) is 0 Å². The molecule has 66 valence electrons. The lowest BCUT2D eigenvalue weighted by Crippen LogP contribution is -2.19. The first-order valence-corrected chi connectivity index (χ1v) is 3.26. The van der Waals surface area contributed by atoms with Crippen LogP contribution in [0.5, 0.6) is 0 Å². The number of rotatable bonds is 5. The minimum Gasteiger partial charge on any atom is -0.481 e. The molecule has 0 radical (unpaired) electrons. The van der Waals surface area contributed by atoms with Crippen molar-refractivity contribution in [3.63, 3.8) is 0 Å². The van der Waals surface area contributed by atoms with Gasteiger partial charge in [-0.3, -0.25) is 4.79 Å². The Kier molecular flexibility index (Phi) is 3.76. The molecule has 1 atom stereocenters. The van der Waals surface area contributed by atoms with Crippen molar-refractivity contribution in [2.45, 2.75) is 6.42 Å². The summed E-state index contributed by atoms with van der Waals surface area (Å²) >= 11 is 0. The smallest absolute Gasteiger partial charge is 0.331 e. The Bertz CT molecular complexity index is 229. The molecule has 12 heavy (non-hydrogen) atoms. The third-order valence-corrected chi connectivity index (χ3v) is 1.40. The maximum atomic E-state index is 10.5. The Morgan fingerprint density at radius 2 is 1.92 bits per heavy atom. The molecule has 0 saturated heterocycles. The third-order valence-electron chi connectivity index (χ3n) is 1.40. The van der Waals surface area contributed by atoms with Crippen molar-refractivity contribution in [1.82, 2.24) is 0 Å². The summed E-state index contributed by atoms with van der Waals surface area (Å²) in [4.78, 5) is 20.8. The molecule has 0 bridgehead atoms. The normalized spacial score (nSPS) is 11.7. The van der Waals surface area contributed by atoms with E-state index in [4.69, 9.17) is 10.2 Å². The number of hydrogen-bond acceptors (Lipinski definition) is 2. The van der Waals surface area contributed by atoms with Crippen LogP contribution in [0.3, 0.4) is 0 Å². The second kappa shape index (κ2) is 4.33. The summed E-state index contributed by atoms with van der Waals surface area (Å²) in [5.74, 6) is -3.55. The summed E-state index contributed by atoms with van der Waals surface area (Å²) in [6, 6.07) is 0.